The molecule has 0 aliphatic carbocycles. The second kappa shape index (κ2) is 6.54. The van der Waals surface area contributed by atoms with E-state index in [-0.39, 0.29) is 10.6 Å². The van der Waals surface area contributed by atoms with Gasteiger partial charge in [-0.05, 0) is 54.8 Å². The first-order valence-corrected chi connectivity index (χ1v) is 7.71. The number of rotatable bonds is 4. The van der Waals surface area contributed by atoms with Crippen molar-refractivity contribution in [2.24, 2.45) is 0 Å². The van der Waals surface area contributed by atoms with Crippen LogP contribution in [0, 0.1) is 10.1 Å². The van der Waals surface area contributed by atoms with E-state index in [1.807, 2.05) is 0 Å². The number of likely N-dealkylation sites (tertiary alicyclic amines) is 1. The molecule has 0 atom stereocenters. The summed E-state index contributed by atoms with van der Waals surface area (Å²) in [7, 11) is 0. The number of nitro benzene ring substituents is 1. The predicted octanol–water partition coefficient (Wildman–Crippen LogP) is 3.64. The summed E-state index contributed by atoms with van der Waals surface area (Å²) in [5.41, 5.74) is 1.04. The van der Waals surface area contributed by atoms with Gasteiger partial charge in [-0.25, -0.2) is 0 Å². The highest BCUT2D eigenvalue weighted by atomic mass is 79.9. The number of anilines is 1. The Morgan fingerprint density at radius 3 is 2.55 bits per heavy atom. The predicted molar refractivity (Wildman–Crippen MR) is 84.2 cm³/mol. The summed E-state index contributed by atoms with van der Waals surface area (Å²) in [6.45, 7) is 6.65. The first-order valence-electron chi connectivity index (χ1n) is 6.92. The van der Waals surface area contributed by atoms with Crippen molar-refractivity contribution in [3.8, 4) is 0 Å². The molecule has 20 heavy (non-hydrogen) atoms. The minimum Gasteiger partial charge on any atom is -0.382 e. The van der Waals surface area contributed by atoms with E-state index in [0.717, 1.165) is 31.6 Å². The van der Waals surface area contributed by atoms with Crippen molar-refractivity contribution in [1.82, 2.24) is 4.90 Å². The van der Waals surface area contributed by atoms with Gasteiger partial charge >= 0.3 is 0 Å². The minimum absolute atomic E-state index is 0.102. The van der Waals surface area contributed by atoms with Gasteiger partial charge < -0.3 is 10.2 Å². The normalized spacial score (nSPS) is 17.4. The molecule has 6 heteroatoms. The molecular formula is C14H20BrN3O2. The zero-order chi connectivity index (χ0) is 14.7. The highest BCUT2D eigenvalue weighted by Crippen LogP contribution is 2.28. The summed E-state index contributed by atoms with van der Waals surface area (Å²) in [5, 5.41) is 14.2. The van der Waals surface area contributed by atoms with Gasteiger partial charge in [-0.3, -0.25) is 10.1 Å². The lowest BCUT2D eigenvalue weighted by Gasteiger charge is -2.35. The Bertz CT molecular complexity index is 485. The van der Waals surface area contributed by atoms with Crippen LogP contribution in [0.3, 0.4) is 0 Å². The molecule has 0 radical (unpaired) electrons. The van der Waals surface area contributed by atoms with E-state index >= 15 is 0 Å². The topological polar surface area (TPSA) is 58.4 Å². The number of nitrogens with zero attached hydrogens (tertiary/aromatic N) is 2. The molecule has 0 aromatic heterocycles. The maximum absolute atomic E-state index is 10.8. The van der Waals surface area contributed by atoms with Crippen LogP contribution in [-0.2, 0) is 0 Å². The molecule has 1 aromatic rings. The van der Waals surface area contributed by atoms with Crippen LogP contribution in [0.1, 0.15) is 26.7 Å². The molecule has 1 aromatic carbocycles. The molecule has 0 unspecified atom stereocenters. The van der Waals surface area contributed by atoms with Crippen molar-refractivity contribution in [1.29, 1.82) is 0 Å². The van der Waals surface area contributed by atoms with E-state index in [0.29, 0.717) is 16.6 Å². The first kappa shape index (κ1) is 15.3. The molecule has 1 fully saturated rings. The van der Waals surface area contributed by atoms with E-state index in [9.17, 15) is 10.1 Å². The van der Waals surface area contributed by atoms with Gasteiger partial charge in [-0.2, -0.15) is 0 Å². The fraction of sp³-hybridized carbons (Fsp3) is 0.571. The van der Waals surface area contributed by atoms with Crippen molar-refractivity contribution >= 4 is 27.3 Å². The van der Waals surface area contributed by atoms with E-state index < -0.39 is 0 Å². The second-order valence-corrected chi connectivity index (χ2v) is 6.33. The molecule has 0 bridgehead atoms. The number of piperidine rings is 1. The Balaban J connectivity index is 1.95. The molecule has 1 heterocycles. The standard InChI is InChI=1S/C14H20BrN3O2/c1-10(2)17-7-5-11(6-8-17)16-12-3-4-14(18(19)20)13(15)9-12/h3-4,9-11,16H,5-8H2,1-2H3. The quantitative estimate of drug-likeness (QED) is 0.670. The van der Waals surface area contributed by atoms with Crippen LogP contribution >= 0.6 is 15.9 Å². The number of hydrogen-bond donors (Lipinski definition) is 1. The summed E-state index contributed by atoms with van der Waals surface area (Å²) >= 11 is 3.25. The third-order valence-electron chi connectivity index (χ3n) is 3.78. The maximum atomic E-state index is 10.8. The Hall–Kier alpha value is -1.14. The van der Waals surface area contributed by atoms with E-state index in [1.165, 1.54) is 6.07 Å². The van der Waals surface area contributed by atoms with Crippen molar-refractivity contribution in [3.05, 3.63) is 32.8 Å². The van der Waals surface area contributed by atoms with Crippen LogP contribution < -0.4 is 5.32 Å². The Kier molecular flexibility index (Phi) is 4.99. The van der Waals surface area contributed by atoms with Gasteiger partial charge in [0.05, 0.1) is 9.40 Å². The van der Waals surface area contributed by atoms with Gasteiger partial charge in [0.2, 0.25) is 0 Å². The fourth-order valence-corrected chi connectivity index (χ4v) is 3.06. The minimum atomic E-state index is -0.380. The third-order valence-corrected chi connectivity index (χ3v) is 4.41. The summed E-state index contributed by atoms with van der Waals surface area (Å²) in [6, 6.07) is 6.14. The van der Waals surface area contributed by atoms with Crippen LogP contribution in [0.2, 0.25) is 0 Å². The molecule has 0 spiro atoms. The van der Waals surface area contributed by atoms with Crippen LogP contribution in [0.5, 0.6) is 0 Å². The SMILES string of the molecule is CC(C)N1CCC(Nc2ccc([N+](=O)[O-])c(Br)c2)CC1. The zero-order valence-electron chi connectivity index (χ0n) is 11.8. The zero-order valence-corrected chi connectivity index (χ0v) is 13.4. The van der Waals surface area contributed by atoms with Gasteiger partial charge in [0.1, 0.15) is 0 Å². The van der Waals surface area contributed by atoms with E-state index in [4.69, 9.17) is 0 Å². The molecule has 2 rings (SSSR count). The summed E-state index contributed by atoms with van der Waals surface area (Å²) < 4.78 is 0.520. The van der Waals surface area contributed by atoms with Crippen molar-refractivity contribution in [2.75, 3.05) is 18.4 Å². The average molecular weight is 342 g/mol. The van der Waals surface area contributed by atoms with Gasteiger partial charge in [0.25, 0.3) is 5.69 Å². The van der Waals surface area contributed by atoms with Crippen molar-refractivity contribution in [3.63, 3.8) is 0 Å². The Labute approximate surface area is 127 Å². The largest absolute Gasteiger partial charge is 0.382 e. The summed E-state index contributed by atoms with van der Waals surface area (Å²) in [4.78, 5) is 12.9. The first-order chi connectivity index (χ1) is 9.47. The smallest absolute Gasteiger partial charge is 0.283 e. The number of benzene rings is 1. The van der Waals surface area contributed by atoms with Crippen molar-refractivity contribution in [2.45, 2.75) is 38.8 Å². The van der Waals surface area contributed by atoms with E-state index in [1.54, 1.807) is 12.1 Å². The van der Waals surface area contributed by atoms with Gasteiger partial charge in [0.15, 0.2) is 0 Å². The highest BCUT2D eigenvalue weighted by Gasteiger charge is 2.21. The monoisotopic (exact) mass is 341 g/mol. The number of nitro groups is 1. The lowest BCUT2D eigenvalue weighted by molar-refractivity contribution is -0.385. The highest BCUT2D eigenvalue weighted by molar-refractivity contribution is 9.10. The molecular weight excluding hydrogens is 322 g/mol. The van der Waals surface area contributed by atoms with Crippen LogP contribution in [0.25, 0.3) is 0 Å². The Morgan fingerprint density at radius 2 is 2.05 bits per heavy atom. The van der Waals surface area contributed by atoms with Crippen molar-refractivity contribution < 1.29 is 4.92 Å². The van der Waals surface area contributed by atoms with Gasteiger partial charge in [-0.15, -0.1) is 0 Å². The van der Waals surface area contributed by atoms with Gasteiger partial charge in [0, 0.05) is 36.9 Å². The molecule has 1 aliphatic heterocycles. The number of hydrogen-bond acceptors (Lipinski definition) is 4. The van der Waals surface area contributed by atoms with Crippen LogP contribution in [0.15, 0.2) is 22.7 Å². The second-order valence-electron chi connectivity index (χ2n) is 5.47. The third kappa shape index (κ3) is 3.70. The molecule has 0 saturated carbocycles. The molecule has 5 nitrogen and oxygen atoms in total. The summed E-state index contributed by atoms with van der Waals surface area (Å²) in [5.74, 6) is 0. The number of nitrogens with one attached hydrogen (secondary N) is 1. The van der Waals surface area contributed by atoms with Crippen LogP contribution in [0.4, 0.5) is 11.4 Å². The Morgan fingerprint density at radius 1 is 1.40 bits per heavy atom. The summed E-state index contributed by atoms with van der Waals surface area (Å²) in [6.07, 6.45) is 2.21. The van der Waals surface area contributed by atoms with E-state index in [2.05, 4.69) is 40.0 Å². The lowest BCUT2D eigenvalue weighted by atomic mass is 10.0. The molecule has 1 saturated heterocycles. The van der Waals surface area contributed by atoms with Gasteiger partial charge in [-0.1, -0.05) is 0 Å². The average Bonchev–Trinajstić information content (AvgIpc) is 2.39. The van der Waals surface area contributed by atoms with Crippen LogP contribution in [-0.4, -0.2) is 35.0 Å². The molecule has 110 valence electrons. The lowest BCUT2D eigenvalue weighted by Crippen LogP contribution is -2.42. The maximum Gasteiger partial charge on any atom is 0.283 e. The molecule has 1 aliphatic rings. The number of halogens is 1. The molecule has 0 amide bonds. The molecule has 1 N–H and O–H groups in total. The fourth-order valence-electron chi connectivity index (χ4n) is 2.54.